The van der Waals surface area contributed by atoms with Crippen LogP contribution in [0.4, 0.5) is 0 Å². The van der Waals surface area contributed by atoms with Crippen molar-refractivity contribution < 1.29 is 14.2 Å². The molecule has 4 heteroatoms. The van der Waals surface area contributed by atoms with Crippen LogP contribution in [0, 0.1) is 11.8 Å². The van der Waals surface area contributed by atoms with Crippen LogP contribution in [0.15, 0.2) is 0 Å². The summed E-state index contributed by atoms with van der Waals surface area (Å²) in [5, 5.41) is 0. The lowest BCUT2D eigenvalue weighted by Crippen LogP contribution is -2.34. The molecule has 0 rings (SSSR count). The summed E-state index contributed by atoms with van der Waals surface area (Å²) in [4.78, 5) is 0. The highest BCUT2D eigenvalue weighted by Crippen LogP contribution is 2.18. The van der Waals surface area contributed by atoms with Gasteiger partial charge in [-0.05, 0) is 32.7 Å². The zero-order valence-corrected chi connectivity index (χ0v) is 13.4. The highest BCUT2D eigenvalue weighted by Gasteiger charge is 2.23. The molecule has 4 nitrogen and oxygen atoms in total. The van der Waals surface area contributed by atoms with Crippen LogP contribution in [0.25, 0.3) is 0 Å². The number of rotatable bonds is 12. The highest BCUT2D eigenvalue weighted by atomic mass is 16.5. The van der Waals surface area contributed by atoms with Crippen molar-refractivity contribution in [2.45, 2.75) is 53.2 Å². The Hall–Kier alpha value is -0.160. The quantitative estimate of drug-likeness (QED) is 0.556. The van der Waals surface area contributed by atoms with E-state index in [4.69, 9.17) is 19.9 Å². The van der Waals surface area contributed by atoms with Gasteiger partial charge in [0, 0.05) is 19.1 Å². The van der Waals surface area contributed by atoms with Gasteiger partial charge in [-0.2, -0.15) is 0 Å². The van der Waals surface area contributed by atoms with Gasteiger partial charge in [-0.3, -0.25) is 0 Å². The second-order valence-electron chi connectivity index (χ2n) is 5.47. The Morgan fingerprint density at radius 1 is 1.00 bits per heavy atom. The Morgan fingerprint density at radius 3 is 2.21 bits per heavy atom. The molecule has 2 N–H and O–H groups in total. The summed E-state index contributed by atoms with van der Waals surface area (Å²) in [6, 6.07) is 0. The first kappa shape index (κ1) is 18.8. The van der Waals surface area contributed by atoms with E-state index in [1.807, 2.05) is 6.92 Å². The standard InChI is InChI=1S/C15H33NO3/c1-6-17-9-10-18-15(7-8-16)13(4)14(5)19-11-12(2)3/h12-15H,6-11,16H2,1-5H3. The molecule has 0 aliphatic carbocycles. The molecule has 3 atom stereocenters. The maximum Gasteiger partial charge on any atom is 0.0704 e. The lowest BCUT2D eigenvalue weighted by Gasteiger charge is -2.29. The molecule has 0 aromatic heterocycles. The zero-order valence-electron chi connectivity index (χ0n) is 13.4. The van der Waals surface area contributed by atoms with Crippen LogP contribution < -0.4 is 5.73 Å². The van der Waals surface area contributed by atoms with Crippen LogP contribution in [0.5, 0.6) is 0 Å². The molecule has 19 heavy (non-hydrogen) atoms. The lowest BCUT2D eigenvalue weighted by molar-refractivity contribution is -0.0701. The topological polar surface area (TPSA) is 53.7 Å². The molecular formula is C15H33NO3. The number of ether oxygens (including phenoxy) is 3. The number of hydrogen-bond donors (Lipinski definition) is 1. The molecule has 0 aliphatic heterocycles. The average Bonchev–Trinajstić information content (AvgIpc) is 2.38. The van der Waals surface area contributed by atoms with E-state index >= 15 is 0 Å². The first-order valence-electron chi connectivity index (χ1n) is 7.53. The van der Waals surface area contributed by atoms with Gasteiger partial charge in [0.25, 0.3) is 0 Å². The predicted molar refractivity (Wildman–Crippen MR) is 79.3 cm³/mol. The van der Waals surface area contributed by atoms with Crippen molar-refractivity contribution in [1.82, 2.24) is 0 Å². The molecule has 0 radical (unpaired) electrons. The van der Waals surface area contributed by atoms with E-state index in [2.05, 4.69) is 27.7 Å². The summed E-state index contributed by atoms with van der Waals surface area (Å²) < 4.78 is 17.1. The third kappa shape index (κ3) is 9.38. The van der Waals surface area contributed by atoms with E-state index in [0.717, 1.165) is 19.6 Å². The fourth-order valence-electron chi connectivity index (χ4n) is 1.86. The van der Waals surface area contributed by atoms with E-state index in [-0.39, 0.29) is 12.2 Å². The van der Waals surface area contributed by atoms with Crippen molar-refractivity contribution in [2.24, 2.45) is 17.6 Å². The molecule has 0 heterocycles. The van der Waals surface area contributed by atoms with Gasteiger partial charge in [-0.15, -0.1) is 0 Å². The van der Waals surface area contributed by atoms with Gasteiger partial charge >= 0.3 is 0 Å². The van der Waals surface area contributed by atoms with Crippen molar-refractivity contribution in [2.75, 3.05) is 33.0 Å². The van der Waals surface area contributed by atoms with Gasteiger partial charge < -0.3 is 19.9 Å². The van der Waals surface area contributed by atoms with E-state index < -0.39 is 0 Å². The molecule has 116 valence electrons. The maximum absolute atomic E-state index is 5.89. The normalized spacial score (nSPS) is 16.6. The Balaban J connectivity index is 4.10. The van der Waals surface area contributed by atoms with Crippen LogP contribution in [-0.4, -0.2) is 45.2 Å². The van der Waals surface area contributed by atoms with Crippen molar-refractivity contribution in [3.8, 4) is 0 Å². The average molecular weight is 275 g/mol. The van der Waals surface area contributed by atoms with E-state index in [1.54, 1.807) is 0 Å². The van der Waals surface area contributed by atoms with E-state index in [0.29, 0.717) is 31.6 Å². The largest absolute Gasteiger partial charge is 0.379 e. The molecule has 0 amide bonds. The van der Waals surface area contributed by atoms with Crippen LogP contribution in [-0.2, 0) is 14.2 Å². The summed E-state index contributed by atoms with van der Waals surface area (Å²) >= 11 is 0. The van der Waals surface area contributed by atoms with Crippen molar-refractivity contribution in [3.05, 3.63) is 0 Å². The highest BCUT2D eigenvalue weighted by molar-refractivity contribution is 4.73. The van der Waals surface area contributed by atoms with Gasteiger partial charge in [0.2, 0.25) is 0 Å². The fraction of sp³-hybridized carbons (Fsp3) is 1.00. The van der Waals surface area contributed by atoms with E-state index in [9.17, 15) is 0 Å². The molecule has 0 aliphatic rings. The fourth-order valence-corrected chi connectivity index (χ4v) is 1.86. The van der Waals surface area contributed by atoms with Gasteiger partial charge in [0.05, 0.1) is 25.4 Å². The Morgan fingerprint density at radius 2 is 1.68 bits per heavy atom. The number of nitrogens with two attached hydrogens (primary N) is 1. The monoisotopic (exact) mass is 275 g/mol. The Kier molecular flexibility index (Phi) is 11.6. The van der Waals surface area contributed by atoms with Crippen molar-refractivity contribution in [3.63, 3.8) is 0 Å². The summed E-state index contributed by atoms with van der Waals surface area (Å²) in [6.07, 6.45) is 1.20. The molecule has 0 bridgehead atoms. The minimum Gasteiger partial charge on any atom is -0.379 e. The summed E-state index contributed by atoms with van der Waals surface area (Å²) in [7, 11) is 0. The second kappa shape index (κ2) is 11.6. The van der Waals surface area contributed by atoms with Crippen LogP contribution in [0.1, 0.15) is 41.0 Å². The zero-order chi connectivity index (χ0) is 14.7. The smallest absolute Gasteiger partial charge is 0.0704 e. The molecule has 0 aromatic rings. The molecular weight excluding hydrogens is 242 g/mol. The third-order valence-electron chi connectivity index (χ3n) is 3.23. The SMILES string of the molecule is CCOCCOC(CCN)C(C)C(C)OCC(C)C. The van der Waals surface area contributed by atoms with Crippen molar-refractivity contribution in [1.29, 1.82) is 0 Å². The summed E-state index contributed by atoms with van der Waals surface area (Å²) in [5.41, 5.74) is 5.67. The molecule has 0 fully saturated rings. The van der Waals surface area contributed by atoms with Crippen molar-refractivity contribution >= 4 is 0 Å². The predicted octanol–water partition coefficient (Wildman–Crippen LogP) is 2.45. The molecule has 0 aromatic carbocycles. The van der Waals surface area contributed by atoms with Gasteiger partial charge in [0.15, 0.2) is 0 Å². The van der Waals surface area contributed by atoms with Gasteiger partial charge in [-0.25, -0.2) is 0 Å². The lowest BCUT2D eigenvalue weighted by atomic mass is 9.96. The summed E-state index contributed by atoms with van der Waals surface area (Å²) in [6.45, 7) is 14.0. The second-order valence-corrected chi connectivity index (χ2v) is 5.47. The van der Waals surface area contributed by atoms with Crippen LogP contribution in [0.3, 0.4) is 0 Å². The third-order valence-corrected chi connectivity index (χ3v) is 3.23. The summed E-state index contributed by atoms with van der Waals surface area (Å²) in [5.74, 6) is 0.894. The van der Waals surface area contributed by atoms with Crippen LogP contribution in [0.2, 0.25) is 0 Å². The Bertz CT molecular complexity index is 200. The molecule has 0 saturated carbocycles. The van der Waals surface area contributed by atoms with Crippen LogP contribution >= 0.6 is 0 Å². The molecule has 3 unspecified atom stereocenters. The van der Waals surface area contributed by atoms with E-state index in [1.165, 1.54) is 0 Å². The van der Waals surface area contributed by atoms with Gasteiger partial charge in [0.1, 0.15) is 0 Å². The maximum atomic E-state index is 5.89. The molecule has 0 saturated heterocycles. The first-order valence-corrected chi connectivity index (χ1v) is 7.53. The molecule has 0 spiro atoms. The van der Waals surface area contributed by atoms with Gasteiger partial charge in [-0.1, -0.05) is 20.8 Å². The minimum atomic E-state index is 0.146. The first-order chi connectivity index (χ1) is 9.02. The minimum absolute atomic E-state index is 0.146. The Labute approximate surface area is 119 Å². The number of hydrogen-bond acceptors (Lipinski definition) is 4.